The van der Waals surface area contributed by atoms with Crippen LogP contribution in [0.25, 0.3) is 0 Å². The number of carbonyl (C=O) groups excluding carboxylic acids is 1. The summed E-state index contributed by atoms with van der Waals surface area (Å²) in [5, 5.41) is 0. The first-order valence-electron chi connectivity index (χ1n) is 7.39. The molecule has 0 aromatic carbocycles. The molecule has 17 heavy (non-hydrogen) atoms. The molecular weight excluding hydrogens is 208 g/mol. The minimum atomic E-state index is 0.508. The molecule has 4 rings (SSSR count). The molecule has 2 bridgehead atoms. The molecule has 0 radical (unpaired) electrons. The Hall–Kier alpha value is -0.330. The summed E-state index contributed by atoms with van der Waals surface area (Å²) < 4.78 is 0. The average Bonchev–Trinajstić information content (AvgIpc) is 2.26. The zero-order valence-electron chi connectivity index (χ0n) is 11.8. The fourth-order valence-corrected chi connectivity index (χ4v) is 5.54. The maximum absolute atomic E-state index is 11.6. The van der Waals surface area contributed by atoms with Gasteiger partial charge in [0.25, 0.3) is 0 Å². The second kappa shape index (κ2) is 3.36. The first-order valence-corrected chi connectivity index (χ1v) is 7.39. The summed E-state index contributed by atoms with van der Waals surface area (Å²) in [6, 6.07) is 0. The molecule has 0 aromatic rings. The van der Waals surface area contributed by atoms with E-state index < -0.39 is 0 Å². The lowest BCUT2D eigenvalue weighted by molar-refractivity contribution is -0.195. The molecule has 4 saturated carbocycles. The monoisotopic (exact) mass is 234 g/mol. The van der Waals surface area contributed by atoms with Crippen LogP contribution in [-0.4, -0.2) is 5.78 Å². The third kappa shape index (κ3) is 1.34. The van der Waals surface area contributed by atoms with Crippen LogP contribution in [0.3, 0.4) is 0 Å². The van der Waals surface area contributed by atoms with Gasteiger partial charge in [-0.3, -0.25) is 4.79 Å². The van der Waals surface area contributed by atoms with Crippen molar-refractivity contribution in [3.05, 3.63) is 0 Å². The van der Waals surface area contributed by atoms with Gasteiger partial charge in [-0.15, -0.1) is 0 Å². The van der Waals surface area contributed by atoms with Gasteiger partial charge in [0.15, 0.2) is 0 Å². The third-order valence-electron chi connectivity index (χ3n) is 7.07. The molecule has 0 aliphatic heterocycles. The topological polar surface area (TPSA) is 17.1 Å². The fourth-order valence-electron chi connectivity index (χ4n) is 5.54. The predicted octanol–water partition coefficient (Wildman–Crippen LogP) is 4.06. The van der Waals surface area contributed by atoms with Crippen molar-refractivity contribution in [1.82, 2.24) is 0 Å². The van der Waals surface area contributed by atoms with Crippen molar-refractivity contribution in [1.29, 1.82) is 0 Å². The van der Waals surface area contributed by atoms with Gasteiger partial charge in [0.05, 0.1) is 0 Å². The number of Topliss-reactive ketones (excluding diaryl/α,β-unsaturated/α-hetero) is 1. The van der Waals surface area contributed by atoms with Gasteiger partial charge in [-0.2, -0.15) is 0 Å². The average molecular weight is 234 g/mol. The maximum atomic E-state index is 11.6. The van der Waals surface area contributed by atoms with Crippen molar-refractivity contribution in [2.45, 2.75) is 59.8 Å². The number of ketones is 1. The van der Waals surface area contributed by atoms with Crippen molar-refractivity contribution in [3.63, 3.8) is 0 Å². The Balaban J connectivity index is 1.88. The summed E-state index contributed by atoms with van der Waals surface area (Å²) in [5.41, 5.74) is 1.09. The van der Waals surface area contributed by atoms with E-state index in [2.05, 4.69) is 27.7 Å². The zero-order valence-corrected chi connectivity index (χ0v) is 11.8. The molecule has 5 atom stereocenters. The Labute approximate surface area is 105 Å². The molecule has 0 saturated heterocycles. The van der Waals surface area contributed by atoms with Crippen molar-refractivity contribution >= 4 is 5.78 Å². The normalized spacial score (nSPS) is 52.4. The van der Waals surface area contributed by atoms with E-state index >= 15 is 0 Å². The smallest absolute Gasteiger partial charge is 0.133 e. The Bertz CT molecular complexity index is 357. The first kappa shape index (κ1) is 11.7. The van der Waals surface area contributed by atoms with Crippen LogP contribution in [0, 0.1) is 34.5 Å². The molecule has 0 N–H and O–H groups in total. The van der Waals surface area contributed by atoms with E-state index in [1.165, 1.54) is 19.3 Å². The number of hydrogen-bond acceptors (Lipinski definition) is 1. The highest BCUT2D eigenvalue weighted by molar-refractivity contribution is 5.79. The van der Waals surface area contributed by atoms with Crippen LogP contribution < -0.4 is 0 Å². The fraction of sp³-hybridized carbons (Fsp3) is 0.938. The minimum absolute atomic E-state index is 0.508. The lowest BCUT2D eigenvalue weighted by Gasteiger charge is -2.68. The van der Waals surface area contributed by atoms with E-state index in [1.807, 2.05) is 0 Å². The van der Waals surface area contributed by atoms with Gasteiger partial charge >= 0.3 is 0 Å². The highest BCUT2D eigenvalue weighted by atomic mass is 16.1. The number of hydrogen-bond donors (Lipinski definition) is 0. The van der Waals surface area contributed by atoms with Crippen LogP contribution in [0.15, 0.2) is 0 Å². The van der Waals surface area contributed by atoms with E-state index in [0.29, 0.717) is 22.5 Å². The molecule has 1 heteroatoms. The zero-order chi connectivity index (χ0) is 12.4. The summed E-state index contributed by atoms with van der Waals surface area (Å²) in [6.45, 7) is 9.75. The van der Waals surface area contributed by atoms with Crippen LogP contribution in [0.5, 0.6) is 0 Å². The van der Waals surface area contributed by atoms with Gasteiger partial charge in [-0.05, 0) is 53.8 Å². The van der Waals surface area contributed by atoms with E-state index in [9.17, 15) is 4.79 Å². The summed E-state index contributed by atoms with van der Waals surface area (Å²) in [4.78, 5) is 11.6. The molecule has 4 aliphatic carbocycles. The molecule has 4 fully saturated rings. The number of carbonyl (C=O) groups is 1. The molecule has 96 valence electrons. The molecule has 0 heterocycles. The summed E-state index contributed by atoms with van der Waals surface area (Å²) in [6.07, 6.45) is 5.73. The standard InChI is InChI=1S/C16H26O/c1-10-7-13(17)5-6-16(10)9-12-8-14(11(16)2)15(12,3)4/h10-12,14H,5-9H2,1-4H3. The third-order valence-corrected chi connectivity index (χ3v) is 7.07. The second-order valence-corrected chi connectivity index (χ2v) is 7.73. The van der Waals surface area contributed by atoms with Gasteiger partial charge in [0.2, 0.25) is 0 Å². The van der Waals surface area contributed by atoms with E-state index in [0.717, 1.165) is 30.6 Å². The molecule has 5 unspecified atom stereocenters. The Morgan fingerprint density at radius 2 is 1.94 bits per heavy atom. The van der Waals surface area contributed by atoms with E-state index in [4.69, 9.17) is 0 Å². The van der Waals surface area contributed by atoms with Crippen LogP contribution in [0.4, 0.5) is 0 Å². The molecule has 0 aromatic heterocycles. The Morgan fingerprint density at radius 3 is 2.47 bits per heavy atom. The lowest BCUT2D eigenvalue weighted by Crippen LogP contribution is -2.61. The molecule has 4 aliphatic rings. The van der Waals surface area contributed by atoms with Gasteiger partial charge in [0.1, 0.15) is 5.78 Å². The van der Waals surface area contributed by atoms with Crippen molar-refractivity contribution in [2.75, 3.05) is 0 Å². The van der Waals surface area contributed by atoms with Crippen LogP contribution in [0.2, 0.25) is 0 Å². The van der Waals surface area contributed by atoms with Gasteiger partial charge in [0, 0.05) is 12.8 Å². The Morgan fingerprint density at radius 1 is 1.24 bits per heavy atom. The second-order valence-electron chi connectivity index (χ2n) is 7.73. The molecular formula is C16H26O. The highest BCUT2D eigenvalue weighted by Crippen LogP contribution is 2.70. The lowest BCUT2D eigenvalue weighted by atomic mass is 9.36. The summed E-state index contributed by atoms with van der Waals surface area (Å²) in [7, 11) is 0. The van der Waals surface area contributed by atoms with Crippen LogP contribution in [0.1, 0.15) is 59.8 Å². The van der Waals surface area contributed by atoms with Crippen LogP contribution >= 0.6 is 0 Å². The van der Waals surface area contributed by atoms with E-state index in [1.54, 1.807) is 0 Å². The number of rotatable bonds is 0. The Kier molecular flexibility index (Phi) is 2.32. The quantitative estimate of drug-likeness (QED) is 0.617. The molecule has 1 nitrogen and oxygen atoms in total. The molecule has 0 amide bonds. The van der Waals surface area contributed by atoms with Crippen molar-refractivity contribution < 1.29 is 4.79 Å². The largest absolute Gasteiger partial charge is 0.300 e. The minimum Gasteiger partial charge on any atom is -0.300 e. The van der Waals surface area contributed by atoms with Crippen molar-refractivity contribution in [3.8, 4) is 0 Å². The van der Waals surface area contributed by atoms with Crippen molar-refractivity contribution in [2.24, 2.45) is 34.5 Å². The first-order chi connectivity index (χ1) is 7.88. The molecule has 1 spiro atoms. The maximum Gasteiger partial charge on any atom is 0.133 e. The summed E-state index contributed by atoms with van der Waals surface area (Å²) >= 11 is 0. The van der Waals surface area contributed by atoms with Gasteiger partial charge < -0.3 is 0 Å². The van der Waals surface area contributed by atoms with E-state index in [-0.39, 0.29) is 0 Å². The summed E-state index contributed by atoms with van der Waals surface area (Å²) in [5.74, 6) is 3.80. The highest BCUT2D eigenvalue weighted by Gasteiger charge is 2.63. The van der Waals surface area contributed by atoms with Gasteiger partial charge in [-0.1, -0.05) is 27.7 Å². The predicted molar refractivity (Wildman–Crippen MR) is 69.6 cm³/mol. The van der Waals surface area contributed by atoms with Gasteiger partial charge in [-0.25, -0.2) is 0 Å². The van der Waals surface area contributed by atoms with Crippen LogP contribution in [-0.2, 0) is 4.79 Å². The SMILES string of the molecule is CC1CC(=O)CCC12CC1CC(C2C)C1(C)C.